The fourth-order valence-corrected chi connectivity index (χ4v) is 2.73. The van der Waals surface area contributed by atoms with E-state index >= 15 is 0 Å². The summed E-state index contributed by atoms with van der Waals surface area (Å²) in [7, 11) is 4.53. The lowest BCUT2D eigenvalue weighted by Crippen LogP contribution is -2.25. The number of aryl methyl sites for hydroxylation is 1. The number of rotatable bonds is 9. The van der Waals surface area contributed by atoms with Crippen molar-refractivity contribution in [2.24, 2.45) is 0 Å². The molecule has 0 spiro atoms. The average molecular weight is 380 g/mol. The lowest BCUT2D eigenvalue weighted by molar-refractivity contribution is -0.117. The molecule has 0 radical (unpaired) electrons. The van der Waals surface area contributed by atoms with Crippen LogP contribution in [-0.4, -0.2) is 33.8 Å². The minimum absolute atomic E-state index is 0.00832. The Bertz CT molecular complexity index is 845. The van der Waals surface area contributed by atoms with Gasteiger partial charge in [-0.25, -0.2) is 0 Å². The van der Waals surface area contributed by atoms with Gasteiger partial charge in [0.05, 0.1) is 21.3 Å². The summed E-state index contributed by atoms with van der Waals surface area (Å²) in [6.07, 6.45) is 3.15. The number of nitrogens with one attached hydrogen (secondary N) is 1. The molecular formula is C22H24N2O4. The fourth-order valence-electron chi connectivity index (χ4n) is 2.73. The van der Waals surface area contributed by atoms with E-state index in [1.807, 2.05) is 36.4 Å². The standard InChI is InChI=1S/C22H24N2O4/c1-26-19-13-17(14-20(27-2)21(19)28-3)12-18(15-23)22(25)24-11-7-10-16-8-5-4-6-9-16/h4-6,8-9,12-14H,7,10-11H2,1-3H3,(H,24,25)/b18-12-. The van der Waals surface area contributed by atoms with Crippen LogP contribution < -0.4 is 19.5 Å². The summed E-state index contributed by atoms with van der Waals surface area (Å²) in [5.41, 5.74) is 1.82. The number of methoxy groups -OCH3 is 3. The van der Waals surface area contributed by atoms with Crippen LogP contribution in [-0.2, 0) is 11.2 Å². The number of ether oxygens (including phenoxy) is 3. The minimum Gasteiger partial charge on any atom is -0.493 e. The first-order valence-electron chi connectivity index (χ1n) is 8.86. The van der Waals surface area contributed by atoms with Gasteiger partial charge in [0.25, 0.3) is 5.91 Å². The van der Waals surface area contributed by atoms with Gasteiger partial charge in [0, 0.05) is 6.54 Å². The van der Waals surface area contributed by atoms with Gasteiger partial charge in [0.1, 0.15) is 11.6 Å². The molecule has 0 aliphatic heterocycles. The Balaban J connectivity index is 2.06. The summed E-state index contributed by atoms with van der Waals surface area (Å²) in [6, 6.07) is 15.4. The number of amides is 1. The molecule has 0 saturated carbocycles. The first-order valence-corrected chi connectivity index (χ1v) is 8.86. The van der Waals surface area contributed by atoms with Gasteiger partial charge >= 0.3 is 0 Å². The van der Waals surface area contributed by atoms with Crippen molar-refractivity contribution in [1.82, 2.24) is 5.32 Å². The van der Waals surface area contributed by atoms with Gasteiger partial charge in [-0.1, -0.05) is 30.3 Å². The highest BCUT2D eigenvalue weighted by atomic mass is 16.5. The monoisotopic (exact) mass is 380 g/mol. The SMILES string of the molecule is COc1cc(/C=C(/C#N)C(=O)NCCCc2ccccc2)cc(OC)c1OC. The minimum atomic E-state index is -0.413. The zero-order valence-electron chi connectivity index (χ0n) is 16.3. The fraction of sp³-hybridized carbons (Fsp3) is 0.273. The summed E-state index contributed by atoms with van der Waals surface area (Å²) in [4.78, 5) is 12.3. The van der Waals surface area contributed by atoms with E-state index in [0.29, 0.717) is 29.4 Å². The summed E-state index contributed by atoms with van der Waals surface area (Å²) in [5, 5.41) is 12.2. The first kappa shape index (κ1) is 20.8. The molecule has 2 aromatic carbocycles. The quantitative estimate of drug-likeness (QED) is 0.410. The molecular weight excluding hydrogens is 356 g/mol. The second-order valence-corrected chi connectivity index (χ2v) is 5.97. The van der Waals surface area contributed by atoms with Crippen LogP contribution in [0.3, 0.4) is 0 Å². The van der Waals surface area contributed by atoms with E-state index in [0.717, 1.165) is 12.8 Å². The van der Waals surface area contributed by atoms with Gasteiger partial charge in [-0.15, -0.1) is 0 Å². The number of hydrogen-bond donors (Lipinski definition) is 1. The van der Waals surface area contributed by atoms with E-state index in [2.05, 4.69) is 5.32 Å². The summed E-state index contributed by atoms with van der Waals surface area (Å²) in [5.74, 6) is 0.942. The molecule has 0 fully saturated rings. The summed E-state index contributed by atoms with van der Waals surface area (Å²) < 4.78 is 15.9. The molecule has 146 valence electrons. The molecule has 0 atom stereocenters. The van der Waals surface area contributed by atoms with Gasteiger partial charge in [-0.05, 0) is 42.2 Å². The van der Waals surface area contributed by atoms with Crippen molar-refractivity contribution in [2.45, 2.75) is 12.8 Å². The van der Waals surface area contributed by atoms with Crippen LogP contribution in [0.25, 0.3) is 6.08 Å². The molecule has 28 heavy (non-hydrogen) atoms. The van der Waals surface area contributed by atoms with E-state index in [9.17, 15) is 10.1 Å². The maximum atomic E-state index is 12.3. The van der Waals surface area contributed by atoms with E-state index in [4.69, 9.17) is 14.2 Å². The molecule has 0 aromatic heterocycles. The van der Waals surface area contributed by atoms with E-state index in [1.54, 1.807) is 12.1 Å². The Kier molecular flexibility index (Phi) is 7.92. The smallest absolute Gasteiger partial charge is 0.261 e. The highest BCUT2D eigenvalue weighted by Crippen LogP contribution is 2.38. The Morgan fingerprint density at radius 1 is 1.07 bits per heavy atom. The summed E-state index contributed by atoms with van der Waals surface area (Å²) in [6.45, 7) is 0.488. The molecule has 2 aromatic rings. The Labute approximate surface area is 165 Å². The number of nitrogens with zero attached hydrogens (tertiary/aromatic N) is 1. The molecule has 0 bridgehead atoms. The largest absolute Gasteiger partial charge is 0.493 e. The Hall–Kier alpha value is -3.46. The van der Waals surface area contributed by atoms with Crippen molar-refractivity contribution in [3.63, 3.8) is 0 Å². The van der Waals surface area contributed by atoms with Gasteiger partial charge in [0.15, 0.2) is 11.5 Å². The van der Waals surface area contributed by atoms with Crippen LogP contribution in [0.1, 0.15) is 17.5 Å². The number of benzene rings is 2. The molecule has 2 rings (SSSR count). The zero-order valence-corrected chi connectivity index (χ0v) is 16.3. The third-order valence-electron chi connectivity index (χ3n) is 4.13. The second-order valence-electron chi connectivity index (χ2n) is 5.97. The van der Waals surface area contributed by atoms with Crippen LogP contribution in [0, 0.1) is 11.3 Å². The molecule has 1 N–H and O–H groups in total. The number of nitriles is 1. The molecule has 6 nitrogen and oxygen atoms in total. The van der Waals surface area contributed by atoms with Crippen LogP contribution in [0.15, 0.2) is 48.0 Å². The lowest BCUT2D eigenvalue weighted by Gasteiger charge is -2.13. The van der Waals surface area contributed by atoms with Crippen molar-refractivity contribution < 1.29 is 19.0 Å². The van der Waals surface area contributed by atoms with Gasteiger partial charge in [-0.2, -0.15) is 5.26 Å². The van der Waals surface area contributed by atoms with Crippen molar-refractivity contribution in [2.75, 3.05) is 27.9 Å². The molecule has 0 unspecified atom stereocenters. The molecule has 0 heterocycles. The number of hydrogen-bond acceptors (Lipinski definition) is 5. The average Bonchev–Trinajstić information content (AvgIpc) is 2.74. The number of carbonyl (C=O) groups is 1. The molecule has 6 heteroatoms. The third-order valence-corrected chi connectivity index (χ3v) is 4.13. The number of carbonyl (C=O) groups excluding carboxylic acids is 1. The van der Waals surface area contributed by atoms with Crippen LogP contribution in [0.4, 0.5) is 0 Å². The zero-order chi connectivity index (χ0) is 20.4. The second kappa shape index (κ2) is 10.6. The van der Waals surface area contributed by atoms with Crippen LogP contribution in [0.5, 0.6) is 17.2 Å². The Morgan fingerprint density at radius 3 is 2.25 bits per heavy atom. The van der Waals surface area contributed by atoms with Gasteiger partial charge < -0.3 is 19.5 Å². The van der Waals surface area contributed by atoms with Crippen molar-refractivity contribution in [1.29, 1.82) is 5.26 Å². The lowest BCUT2D eigenvalue weighted by atomic mass is 10.1. The Morgan fingerprint density at radius 2 is 1.71 bits per heavy atom. The van der Waals surface area contributed by atoms with E-state index in [-0.39, 0.29) is 5.57 Å². The van der Waals surface area contributed by atoms with Crippen molar-refractivity contribution in [3.8, 4) is 23.3 Å². The van der Waals surface area contributed by atoms with E-state index < -0.39 is 5.91 Å². The van der Waals surface area contributed by atoms with Crippen LogP contribution >= 0.6 is 0 Å². The normalized spacial score (nSPS) is 10.7. The van der Waals surface area contributed by atoms with Gasteiger partial charge in [0.2, 0.25) is 5.75 Å². The molecule has 0 saturated heterocycles. The highest BCUT2D eigenvalue weighted by Gasteiger charge is 2.14. The topological polar surface area (TPSA) is 80.6 Å². The predicted octanol–water partition coefficient (Wildman–Crippen LogP) is 3.37. The predicted molar refractivity (Wildman–Crippen MR) is 107 cm³/mol. The maximum absolute atomic E-state index is 12.3. The third kappa shape index (κ3) is 5.52. The highest BCUT2D eigenvalue weighted by molar-refractivity contribution is 6.01. The molecule has 0 aliphatic rings. The van der Waals surface area contributed by atoms with Crippen LogP contribution in [0.2, 0.25) is 0 Å². The van der Waals surface area contributed by atoms with Gasteiger partial charge in [-0.3, -0.25) is 4.79 Å². The van der Waals surface area contributed by atoms with E-state index in [1.165, 1.54) is 33.0 Å². The maximum Gasteiger partial charge on any atom is 0.261 e. The first-order chi connectivity index (χ1) is 13.6. The van der Waals surface area contributed by atoms with Crippen molar-refractivity contribution in [3.05, 3.63) is 59.2 Å². The van der Waals surface area contributed by atoms with Crippen molar-refractivity contribution >= 4 is 12.0 Å². The summed E-state index contributed by atoms with van der Waals surface area (Å²) >= 11 is 0. The molecule has 0 aliphatic carbocycles. The molecule has 1 amide bonds.